The maximum absolute atomic E-state index is 6.77. The summed E-state index contributed by atoms with van der Waals surface area (Å²) in [6.45, 7) is 2.63. The van der Waals surface area contributed by atoms with E-state index in [0.717, 1.165) is 38.9 Å². The third-order valence-corrected chi connectivity index (χ3v) is 5.69. The largest absolute Gasteiger partial charge is 0.487 e. The van der Waals surface area contributed by atoms with Gasteiger partial charge in [-0.25, -0.2) is 4.98 Å². The van der Waals surface area contributed by atoms with Crippen LogP contribution in [0.1, 0.15) is 16.8 Å². The summed E-state index contributed by atoms with van der Waals surface area (Å²) in [5, 5.41) is 2.16. The average molecular weight is 423 g/mol. The number of nitrogens with zero attached hydrogens (tertiary/aromatic N) is 1. The standard InChI is InChI=1S/C24H20Cl2N2O/c1-15-9-10-16-6-4-8-22(24(16)28-15)29-14-20-21(25)12-11-19(23(20)26)18-7-3-2-5-17(18)13-27/h2-12H,13-14,27H2,1H3. The number of hydrogen-bond donors (Lipinski definition) is 1. The van der Waals surface area contributed by atoms with E-state index in [1.165, 1.54) is 0 Å². The molecule has 146 valence electrons. The van der Waals surface area contributed by atoms with Crippen molar-refractivity contribution in [3.63, 3.8) is 0 Å². The topological polar surface area (TPSA) is 48.1 Å². The molecule has 0 aliphatic heterocycles. The van der Waals surface area contributed by atoms with E-state index >= 15 is 0 Å². The molecule has 0 radical (unpaired) electrons. The lowest BCUT2D eigenvalue weighted by molar-refractivity contribution is 0.309. The van der Waals surface area contributed by atoms with Gasteiger partial charge in [0.15, 0.2) is 0 Å². The van der Waals surface area contributed by atoms with Gasteiger partial charge in [0, 0.05) is 33.8 Å². The molecule has 1 heterocycles. The Kier molecular flexibility index (Phi) is 5.72. The summed E-state index contributed by atoms with van der Waals surface area (Å²) >= 11 is 13.2. The predicted molar refractivity (Wildman–Crippen MR) is 121 cm³/mol. The number of benzene rings is 3. The molecule has 0 amide bonds. The Balaban J connectivity index is 1.71. The van der Waals surface area contributed by atoms with Crippen molar-refractivity contribution < 1.29 is 4.74 Å². The fraction of sp³-hybridized carbons (Fsp3) is 0.125. The van der Waals surface area contributed by atoms with Gasteiger partial charge in [-0.15, -0.1) is 0 Å². The van der Waals surface area contributed by atoms with Crippen LogP contribution in [0.4, 0.5) is 0 Å². The first-order valence-electron chi connectivity index (χ1n) is 9.33. The summed E-state index contributed by atoms with van der Waals surface area (Å²) in [5.74, 6) is 0.700. The number of ether oxygens (including phenoxy) is 1. The van der Waals surface area contributed by atoms with Crippen LogP contribution in [-0.2, 0) is 13.2 Å². The van der Waals surface area contributed by atoms with Crippen LogP contribution in [0.15, 0.2) is 66.7 Å². The molecule has 0 saturated heterocycles. The average Bonchev–Trinajstić information content (AvgIpc) is 2.74. The van der Waals surface area contributed by atoms with Crippen molar-refractivity contribution in [3.05, 3.63) is 93.6 Å². The summed E-state index contributed by atoms with van der Waals surface area (Å²) in [7, 11) is 0. The first kappa shape index (κ1) is 19.7. The van der Waals surface area contributed by atoms with Gasteiger partial charge in [0.2, 0.25) is 0 Å². The Bertz CT molecular complexity index is 1190. The summed E-state index contributed by atoms with van der Waals surface area (Å²) in [4.78, 5) is 4.62. The highest BCUT2D eigenvalue weighted by atomic mass is 35.5. The smallest absolute Gasteiger partial charge is 0.146 e. The number of hydrogen-bond acceptors (Lipinski definition) is 3. The van der Waals surface area contributed by atoms with Crippen molar-refractivity contribution in [2.24, 2.45) is 5.73 Å². The number of halogens is 2. The van der Waals surface area contributed by atoms with E-state index in [1.807, 2.05) is 73.7 Å². The van der Waals surface area contributed by atoms with E-state index < -0.39 is 0 Å². The van der Waals surface area contributed by atoms with Gasteiger partial charge in [0.25, 0.3) is 0 Å². The number of rotatable bonds is 5. The SMILES string of the molecule is Cc1ccc2cccc(OCc3c(Cl)ccc(-c4ccccc4CN)c3Cl)c2n1. The summed E-state index contributed by atoms with van der Waals surface area (Å²) in [6.07, 6.45) is 0. The van der Waals surface area contributed by atoms with E-state index in [2.05, 4.69) is 4.98 Å². The van der Waals surface area contributed by atoms with Crippen LogP contribution in [-0.4, -0.2) is 4.98 Å². The highest BCUT2D eigenvalue weighted by Gasteiger charge is 2.15. The van der Waals surface area contributed by atoms with Crippen LogP contribution in [0.25, 0.3) is 22.0 Å². The minimum Gasteiger partial charge on any atom is -0.487 e. The van der Waals surface area contributed by atoms with Crippen LogP contribution in [0.3, 0.4) is 0 Å². The highest BCUT2D eigenvalue weighted by molar-refractivity contribution is 6.37. The normalized spacial score (nSPS) is 11.0. The van der Waals surface area contributed by atoms with Gasteiger partial charge in [-0.2, -0.15) is 0 Å². The van der Waals surface area contributed by atoms with Crippen LogP contribution >= 0.6 is 23.2 Å². The molecule has 29 heavy (non-hydrogen) atoms. The lowest BCUT2D eigenvalue weighted by Gasteiger charge is -2.15. The molecule has 0 unspecified atom stereocenters. The molecule has 3 aromatic carbocycles. The second-order valence-corrected chi connectivity index (χ2v) is 7.60. The minimum atomic E-state index is 0.241. The monoisotopic (exact) mass is 422 g/mol. The Morgan fingerprint density at radius 2 is 1.72 bits per heavy atom. The molecule has 0 fully saturated rings. The van der Waals surface area contributed by atoms with Gasteiger partial charge in [0.05, 0.1) is 5.02 Å². The fourth-order valence-corrected chi connectivity index (χ4v) is 3.96. The third kappa shape index (κ3) is 3.95. The Hall–Kier alpha value is -2.59. The molecule has 0 spiro atoms. The second kappa shape index (κ2) is 8.42. The molecular formula is C24H20Cl2N2O. The quantitative estimate of drug-likeness (QED) is 0.396. The lowest BCUT2D eigenvalue weighted by atomic mass is 9.98. The van der Waals surface area contributed by atoms with Crippen LogP contribution in [0, 0.1) is 6.92 Å². The van der Waals surface area contributed by atoms with E-state index in [0.29, 0.717) is 22.3 Å². The van der Waals surface area contributed by atoms with Gasteiger partial charge >= 0.3 is 0 Å². The first-order valence-corrected chi connectivity index (χ1v) is 10.1. The number of fused-ring (bicyclic) bond motifs is 1. The minimum absolute atomic E-state index is 0.241. The number of nitrogens with two attached hydrogens (primary N) is 1. The molecule has 5 heteroatoms. The van der Waals surface area contributed by atoms with Crippen molar-refractivity contribution in [1.82, 2.24) is 4.98 Å². The van der Waals surface area contributed by atoms with Crippen LogP contribution in [0.5, 0.6) is 5.75 Å². The lowest BCUT2D eigenvalue weighted by Crippen LogP contribution is -2.02. The zero-order valence-corrected chi connectivity index (χ0v) is 17.5. The van der Waals surface area contributed by atoms with E-state index in [4.69, 9.17) is 33.7 Å². The molecule has 0 bridgehead atoms. The van der Waals surface area contributed by atoms with Crippen molar-refractivity contribution in [2.45, 2.75) is 20.1 Å². The molecule has 4 aromatic rings. The third-order valence-electron chi connectivity index (χ3n) is 4.91. The summed E-state index contributed by atoms with van der Waals surface area (Å²) < 4.78 is 6.11. The van der Waals surface area contributed by atoms with Gasteiger partial charge in [-0.05, 0) is 36.2 Å². The number of aryl methyl sites for hydroxylation is 1. The molecule has 1 aromatic heterocycles. The van der Waals surface area contributed by atoms with Crippen molar-refractivity contribution in [2.75, 3.05) is 0 Å². The molecule has 2 N–H and O–H groups in total. The number of para-hydroxylation sites is 1. The summed E-state index contributed by atoms with van der Waals surface area (Å²) in [6, 6.07) is 21.6. The van der Waals surface area contributed by atoms with Crippen LogP contribution in [0.2, 0.25) is 10.0 Å². The van der Waals surface area contributed by atoms with Gasteiger partial charge < -0.3 is 10.5 Å². The van der Waals surface area contributed by atoms with Gasteiger partial charge in [-0.3, -0.25) is 0 Å². The zero-order valence-electron chi connectivity index (χ0n) is 16.0. The fourth-order valence-electron chi connectivity index (χ4n) is 3.38. The van der Waals surface area contributed by atoms with E-state index in [1.54, 1.807) is 0 Å². The van der Waals surface area contributed by atoms with E-state index in [-0.39, 0.29) is 6.61 Å². The second-order valence-electron chi connectivity index (χ2n) is 6.82. The molecule has 0 aliphatic rings. The van der Waals surface area contributed by atoms with Gasteiger partial charge in [0.1, 0.15) is 17.9 Å². The number of pyridine rings is 1. The predicted octanol–water partition coefficient (Wildman–Crippen LogP) is 6.55. The maximum Gasteiger partial charge on any atom is 0.146 e. The Morgan fingerprint density at radius 3 is 2.55 bits per heavy atom. The van der Waals surface area contributed by atoms with Crippen molar-refractivity contribution in [1.29, 1.82) is 0 Å². The maximum atomic E-state index is 6.77. The van der Waals surface area contributed by atoms with Crippen LogP contribution < -0.4 is 10.5 Å². The molecule has 0 saturated carbocycles. The summed E-state index contributed by atoms with van der Waals surface area (Å²) in [5.41, 5.74) is 11.3. The molecule has 3 nitrogen and oxygen atoms in total. The molecule has 0 atom stereocenters. The Labute approximate surface area is 180 Å². The first-order chi connectivity index (χ1) is 14.1. The van der Waals surface area contributed by atoms with Crippen molar-refractivity contribution >= 4 is 34.1 Å². The van der Waals surface area contributed by atoms with E-state index in [9.17, 15) is 0 Å². The van der Waals surface area contributed by atoms with Crippen molar-refractivity contribution in [3.8, 4) is 16.9 Å². The molecule has 0 aliphatic carbocycles. The highest BCUT2D eigenvalue weighted by Crippen LogP contribution is 2.37. The Morgan fingerprint density at radius 1 is 0.897 bits per heavy atom. The van der Waals surface area contributed by atoms with Gasteiger partial charge in [-0.1, -0.05) is 71.7 Å². The zero-order chi connectivity index (χ0) is 20.4. The molecular weight excluding hydrogens is 403 g/mol. The molecule has 4 rings (SSSR count). The number of aromatic nitrogens is 1.